The first kappa shape index (κ1) is 16.3. The number of hydrogen-bond donors (Lipinski definition) is 2. The number of carbonyl (C=O) groups excluding carboxylic acids is 1. The van der Waals surface area contributed by atoms with E-state index in [1.165, 1.54) is 0 Å². The molecule has 3 nitrogen and oxygen atoms in total. The Labute approximate surface area is 124 Å². The number of hydrogen-bond acceptors (Lipinski definition) is 2. The fraction of sp³-hybridized carbons (Fsp3) is 0.500. The van der Waals surface area contributed by atoms with Gasteiger partial charge in [-0.2, -0.15) is 0 Å². The molecule has 1 atom stereocenters. The summed E-state index contributed by atoms with van der Waals surface area (Å²) in [7, 11) is 0. The zero-order chi connectivity index (χ0) is 14.5. The maximum atomic E-state index is 11.9. The minimum Gasteiger partial charge on any atom is -0.354 e. The Kier molecular flexibility index (Phi) is 6.11. The predicted molar refractivity (Wildman–Crippen MR) is 80.7 cm³/mol. The molecule has 106 valence electrons. The Balaban J connectivity index is 2.53. The van der Waals surface area contributed by atoms with E-state index in [0.29, 0.717) is 29.4 Å². The summed E-state index contributed by atoms with van der Waals surface area (Å²) in [6, 6.07) is 5.37. The minimum atomic E-state index is -0.820. The summed E-state index contributed by atoms with van der Waals surface area (Å²) in [6.07, 6.45) is 2.12. The van der Waals surface area contributed by atoms with Crippen LogP contribution in [0, 0.1) is 0 Å². The summed E-state index contributed by atoms with van der Waals surface area (Å²) in [4.78, 5) is 11.9. The molecule has 0 aliphatic rings. The summed E-state index contributed by atoms with van der Waals surface area (Å²) >= 11 is 12.1. The molecule has 1 rings (SSSR count). The van der Waals surface area contributed by atoms with Crippen molar-refractivity contribution in [3.63, 3.8) is 0 Å². The maximum absolute atomic E-state index is 11.9. The molecule has 0 saturated heterocycles. The fourth-order valence-electron chi connectivity index (χ4n) is 1.91. The molecule has 1 amide bonds. The van der Waals surface area contributed by atoms with Gasteiger partial charge in [-0.3, -0.25) is 4.79 Å². The fourth-order valence-corrected chi connectivity index (χ4v) is 2.49. The number of benzene rings is 1. The number of halogens is 2. The van der Waals surface area contributed by atoms with Gasteiger partial charge in [-0.25, -0.2) is 0 Å². The SMILES string of the molecule is CCCC(C)(N)C(=O)NCCc1c(Cl)cccc1Cl. The van der Waals surface area contributed by atoms with Gasteiger partial charge in [0.1, 0.15) is 0 Å². The van der Waals surface area contributed by atoms with Gasteiger partial charge in [0.2, 0.25) is 5.91 Å². The van der Waals surface area contributed by atoms with Crippen LogP contribution in [0.5, 0.6) is 0 Å². The zero-order valence-electron chi connectivity index (χ0n) is 11.3. The van der Waals surface area contributed by atoms with Crippen LogP contribution in [0.15, 0.2) is 18.2 Å². The maximum Gasteiger partial charge on any atom is 0.239 e. The van der Waals surface area contributed by atoms with Crippen molar-refractivity contribution in [3.8, 4) is 0 Å². The normalized spacial score (nSPS) is 13.9. The standard InChI is InChI=1S/C14H20Cl2N2O/c1-3-8-14(2,17)13(19)18-9-7-10-11(15)5-4-6-12(10)16/h4-6H,3,7-9,17H2,1-2H3,(H,18,19). The molecular weight excluding hydrogens is 283 g/mol. The summed E-state index contributed by atoms with van der Waals surface area (Å²) < 4.78 is 0. The van der Waals surface area contributed by atoms with E-state index in [1.54, 1.807) is 25.1 Å². The molecule has 0 aliphatic heterocycles. The third kappa shape index (κ3) is 4.68. The topological polar surface area (TPSA) is 55.1 Å². The highest BCUT2D eigenvalue weighted by Crippen LogP contribution is 2.24. The second-order valence-electron chi connectivity index (χ2n) is 4.87. The van der Waals surface area contributed by atoms with Crippen LogP contribution in [-0.2, 0) is 11.2 Å². The van der Waals surface area contributed by atoms with Crippen molar-refractivity contribution in [2.75, 3.05) is 6.54 Å². The molecule has 1 unspecified atom stereocenters. The van der Waals surface area contributed by atoms with Crippen LogP contribution >= 0.6 is 23.2 Å². The Morgan fingerprint density at radius 2 is 1.95 bits per heavy atom. The van der Waals surface area contributed by atoms with Crippen molar-refractivity contribution in [3.05, 3.63) is 33.8 Å². The molecule has 0 radical (unpaired) electrons. The number of nitrogens with one attached hydrogen (secondary N) is 1. The molecular formula is C14H20Cl2N2O. The van der Waals surface area contributed by atoms with Crippen LogP contribution in [0.1, 0.15) is 32.3 Å². The Bertz CT molecular complexity index is 427. The van der Waals surface area contributed by atoms with E-state index >= 15 is 0 Å². The Morgan fingerprint density at radius 1 is 1.37 bits per heavy atom. The quantitative estimate of drug-likeness (QED) is 0.848. The van der Waals surface area contributed by atoms with E-state index < -0.39 is 5.54 Å². The average Bonchev–Trinajstić information content (AvgIpc) is 2.32. The highest BCUT2D eigenvalue weighted by molar-refractivity contribution is 6.35. The van der Waals surface area contributed by atoms with Crippen LogP contribution in [0.3, 0.4) is 0 Å². The molecule has 0 saturated carbocycles. The molecule has 0 heterocycles. The first-order valence-corrected chi connectivity index (χ1v) is 7.14. The van der Waals surface area contributed by atoms with Gasteiger partial charge in [-0.15, -0.1) is 0 Å². The highest BCUT2D eigenvalue weighted by Gasteiger charge is 2.26. The van der Waals surface area contributed by atoms with Crippen molar-refractivity contribution in [2.24, 2.45) is 5.73 Å². The van der Waals surface area contributed by atoms with Crippen LogP contribution in [-0.4, -0.2) is 18.0 Å². The minimum absolute atomic E-state index is 0.141. The van der Waals surface area contributed by atoms with Crippen molar-refractivity contribution >= 4 is 29.1 Å². The summed E-state index contributed by atoms with van der Waals surface area (Å²) in [5.41, 5.74) is 5.97. The summed E-state index contributed by atoms with van der Waals surface area (Å²) in [6.45, 7) is 4.22. The largest absolute Gasteiger partial charge is 0.354 e. The average molecular weight is 303 g/mol. The van der Waals surface area contributed by atoms with Crippen LogP contribution < -0.4 is 11.1 Å². The van der Waals surface area contributed by atoms with Crippen molar-refractivity contribution in [2.45, 2.75) is 38.6 Å². The third-order valence-electron chi connectivity index (χ3n) is 3.01. The lowest BCUT2D eigenvalue weighted by atomic mass is 9.96. The third-order valence-corrected chi connectivity index (χ3v) is 3.72. The van der Waals surface area contributed by atoms with Crippen molar-refractivity contribution < 1.29 is 4.79 Å². The number of carbonyl (C=O) groups is 1. The van der Waals surface area contributed by atoms with E-state index in [0.717, 1.165) is 12.0 Å². The van der Waals surface area contributed by atoms with E-state index in [9.17, 15) is 4.79 Å². The molecule has 19 heavy (non-hydrogen) atoms. The molecule has 0 aliphatic carbocycles. The number of nitrogens with two attached hydrogens (primary N) is 1. The Morgan fingerprint density at radius 3 is 2.47 bits per heavy atom. The highest BCUT2D eigenvalue weighted by atomic mass is 35.5. The van der Waals surface area contributed by atoms with E-state index in [2.05, 4.69) is 5.32 Å². The van der Waals surface area contributed by atoms with Crippen LogP contribution in [0.25, 0.3) is 0 Å². The van der Waals surface area contributed by atoms with E-state index in [-0.39, 0.29) is 5.91 Å². The Hall–Kier alpha value is -0.770. The zero-order valence-corrected chi connectivity index (χ0v) is 12.8. The van der Waals surface area contributed by atoms with Gasteiger partial charge < -0.3 is 11.1 Å². The molecule has 0 spiro atoms. The number of amides is 1. The van der Waals surface area contributed by atoms with Crippen molar-refractivity contribution in [1.82, 2.24) is 5.32 Å². The first-order valence-electron chi connectivity index (χ1n) is 6.38. The second-order valence-corrected chi connectivity index (χ2v) is 5.69. The van der Waals surface area contributed by atoms with E-state index in [1.807, 2.05) is 6.92 Å². The number of rotatable bonds is 6. The smallest absolute Gasteiger partial charge is 0.239 e. The lowest BCUT2D eigenvalue weighted by Crippen LogP contribution is -2.51. The van der Waals surface area contributed by atoms with Crippen LogP contribution in [0.2, 0.25) is 10.0 Å². The van der Waals surface area contributed by atoms with Crippen molar-refractivity contribution in [1.29, 1.82) is 0 Å². The molecule has 1 aromatic carbocycles. The van der Waals surface area contributed by atoms with Gasteiger partial charge >= 0.3 is 0 Å². The first-order chi connectivity index (χ1) is 8.88. The monoisotopic (exact) mass is 302 g/mol. The molecule has 0 fully saturated rings. The lowest BCUT2D eigenvalue weighted by molar-refractivity contribution is -0.126. The van der Waals surface area contributed by atoms with Gasteiger partial charge in [0.15, 0.2) is 0 Å². The molecule has 5 heteroatoms. The van der Waals surface area contributed by atoms with E-state index in [4.69, 9.17) is 28.9 Å². The van der Waals surface area contributed by atoms with Gasteiger partial charge in [0.05, 0.1) is 5.54 Å². The lowest BCUT2D eigenvalue weighted by Gasteiger charge is -2.22. The molecule has 1 aromatic rings. The van der Waals surface area contributed by atoms with Gasteiger partial charge in [-0.05, 0) is 37.5 Å². The van der Waals surface area contributed by atoms with Gasteiger partial charge in [-0.1, -0.05) is 42.6 Å². The van der Waals surface area contributed by atoms with Gasteiger partial charge in [0.25, 0.3) is 0 Å². The predicted octanol–water partition coefficient (Wildman–Crippen LogP) is 3.17. The summed E-state index contributed by atoms with van der Waals surface area (Å²) in [5.74, 6) is -0.141. The molecule has 0 aromatic heterocycles. The second kappa shape index (κ2) is 7.13. The van der Waals surface area contributed by atoms with Gasteiger partial charge in [0, 0.05) is 16.6 Å². The molecule has 0 bridgehead atoms. The van der Waals surface area contributed by atoms with Crippen LogP contribution in [0.4, 0.5) is 0 Å². The summed E-state index contributed by atoms with van der Waals surface area (Å²) in [5, 5.41) is 4.06. The molecule has 3 N–H and O–H groups in total.